The predicted octanol–water partition coefficient (Wildman–Crippen LogP) is 4.94. The van der Waals surface area contributed by atoms with Crippen molar-refractivity contribution in [1.29, 1.82) is 0 Å². The minimum absolute atomic E-state index is 1.08. The van der Waals surface area contributed by atoms with E-state index in [0.29, 0.717) is 0 Å². The molecule has 3 heteroatoms. The molecule has 0 unspecified atom stereocenters. The van der Waals surface area contributed by atoms with Crippen molar-refractivity contribution in [3.05, 3.63) is 71.5 Å². The Morgan fingerprint density at radius 2 is 1.70 bits per heavy atom. The summed E-state index contributed by atoms with van der Waals surface area (Å²) in [4.78, 5) is 4.27. The molecule has 0 amide bonds. The van der Waals surface area contributed by atoms with Gasteiger partial charge in [0.25, 0.3) is 0 Å². The van der Waals surface area contributed by atoms with E-state index >= 15 is 0 Å². The molecule has 0 aliphatic carbocycles. The first kappa shape index (κ1) is 11.7. The van der Waals surface area contributed by atoms with E-state index in [1.807, 2.05) is 18.5 Å². The van der Waals surface area contributed by atoms with E-state index in [9.17, 15) is 0 Å². The van der Waals surface area contributed by atoms with Crippen molar-refractivity contribution < 1.29 is 0 Å². The molecule has 2 aromatic heterocycles. The number of pyridine rings is 1. The molecule has 2 aromatic carbocycles. The number of halogens is 1. The highest BCUT2D eigenvalue weighted by Gasteiger charge is 2.11. The van der Waals surface area contributed by atoms with Crippen LogP contribution >= 0.6 is 15.9 Å². The smallest absolute Gasteiger partial charge is 0.0571 e. The third-order valence-electron chi connectivity index (χ3n) is 3.54. The first-order valence-electron chi connectivity index (χ1n) is 6.44. The van der Waals surface area contributed by atoms with Crippen LogP contribution in [0.5, 0.6) is 0 Å². The van der Waals surface area contributed by atoms with E-state index in [0.717, 1.165) is 10.2 Å². The Bertz CT molecular complexity index is 910. The fourth-order valence-electron chi connectivity index (χ4n) is 2.69. The molecule has 0 fully saturated rings. The van der Waals surface area contributed by atoms with Crippen LogP contribution in [0.1, 0.15) is 0 Å². The number of rotatable bonds is 1. The summed E-state index contributed by atoms with van der Waals surface area (Å²) in [5, 5.41) is 2.40. The number of hydrogen-bond donors (Lipinski definition) is 0. The second-order valence-corrected chi connectivity index (χ2v) is 5.64. The molecule has 0 aliphatic heterocycles. The second-order valence-electron chi connectivity index (χ2n) is 4.73. The van der Waals surface area contributed by atoms with Gasteiger partial charge in [0.2, 0.25) is 0 Å². The largest absolute Gasteiger partial charge is 0.309 e. The first-order valence-corrected chi connectivity index (χ1v) is 7.23. The van der Waals surface area contributed by atoms with Gasteiger partial charge >= 0.3 is 0 Å². The minimum atomic E-state index is 1.08. The maximum absolute atomic E-state index is 4.27. The highest BCUT2D eigenvalue weighted by molar-refractivity contribution is 9.10. The highest BCUT2D eigenvalue weighted by Crippen LogP contribution is 2.32. The minimum Gasteiger partial charge on any atom is -0.309 e. The predicted molar refractivity (Wildman–Crippen MR) is 86.3 cm³/mol. The van der Waals surface area contributed by atoms with Crippen LogP contribution < -0.4 is 0 Å². The lowest BCUT2D eigenvalue weighted by atomic mass is 10.2. The van der Waals surface area contributed by atoms with Gasteiger partial charge in [0, 0.05) is 33.3 Å². The second kappa shape index (κ2) is 4.46. The van der Waals surface area contributed by atoms with Crippen LogP contribution in [-0.4, -0.2) is 9.55 Å². The first-order chi connectivity index (χ1) is 9.84. The third-order valence-corrected chi connectivity index (χ3v) is 4.04. The van der Waals surface area contributed by atoms with E-state index in [1.165, 1.54) is 21.8 Å². The Morgan fingerprint density at radius 1 is 0.850 bits per heavy atom. The van der Waals surface area contributed by atoms with Crippen molar-refractivity contribution in [2.75, 3.05) is 0 Å². The molecular weight excluding hydrogens is 312 g/mol. The average Bonchev–Trinajstić information content (AvgIpc) is 2.81. The summed E-state index contributed by atoms with van der Waals surface area (Å²) in [6.45, 7) is 0. The SMILES string of the molecule is Brc1ccc2c3cnccc3n(-c3ccccc3)c2c1. The summed E-state index contributed by atoms with van der Waals surface area (Å²) in [6.07, 6.45) is 3.78. The maximum atomic E-state index is 4.27. The number of hydrogen-bond acceptors (Lipinski definition) is 1. The Labute approximate surface area is 124 Å². The molecular formula is C17H11BrN2. The molecule has 96 valence electrons. The van der Waals surface area contributed by atoms with Crippen molar-refractivity contribution in [2.45, 2.75) is 0 Å². The summed E-state index contributed by atoms with van der Waals surface area (Å²) in [7, 11) is 0. The summed E-state index contributed by atoms with van der Waals surface area (Å²) >= 11 is 3.57. The van der Waals surface area contributed by atoms with Gasteiger partial charge in [-0.15, -0.1) is 0 Å². The van der Waals surface area contributed by atoms with Crippen LogP contribution in [0.25, 0.3) is 27.5 Å². The molecule has 0 N–H and O–H groups in total. The Morgan fingerprint density at radius 3 is 2.55 bits per heavy atom. The topological polar surface area (TPSA) is 17.8 Å². The summed E-state index contributed by atoms with van der Waals surface area (Å²) in [6, 6.07) is 18.8. The lowest BCUT2D eigenvalue weighted by Crippen LogP contribution is -1.92. The zero-order chi connectivity index (χ0) is 13.5. The normalized spacial score (nSPS) is 11.2. The van der Waals surface area contributed by atoms with Gasteiger partial charge < -0.3 is 4.57 Å². The van der Waals surface area contributed by atoms with Gasteiger partial charge in [-0.25, -0.2) is 0 Å². The summed E-state index contributed by atoms with van der Waals surface area (Å²) in [5.74, 6) is 0. The number of aromatic nitrogens is 2. The van der Waals surface area contributed by atoms with E-state index in [1.54, 1.807) is 0 Å². The standard InChI is InChI=1S/C17H11BrN2/c18-12-6-7-14-15-11-19-9-8-16(15)20(17(14)10-12)13-4-2-1-3-5-13/h1-11H. The lowest BCUT2D eigenvalue weighted by molar-refractivity contribution is 1.17. The van der Waals surface area contributed by atoms with Crippen molar-refractivity contribution in [1.82, 2.24) is 9.55 Å². The molecule has 20 heavy (non-hydrogen) atoms. The number of para-hydroxylation sites is 1. The molecule has 0 radical (unpaired) electrons. The van der Waals surface area contributed by atoms with Gasteiger partial charge in [-0.05, 0) is 30.3 Å². The molecule has 0 spiro atoms. The van der Waals surface area contributed by atoms with Crippen molar-refractivity contribution in [3.8, 4) is 5.69 Å². The van der Waals surface area contributed by atoms with Gasteiger partial charge in [0.15, 0.2) is 0 Å². The fourth-order valence-corrected chi connectivity index (χ4v) is 3.04. The molecule has 0 saturated carbocycles. The molecule has 4 aromatic rings. The van der Waals surface area contributed by atoms with Crippen LogP contribution in [0, 0.1) is 0 Å². The van der Waals surface area contributed by atoms with Gasteiger partial charge in [0.05, 0.1) is 11.0 Å². The number of nitrogens with zero attached hydrogens (tertiary/aromatic N) is 2. The molecule has 0 atom stereocenters. The third kappa shape index (κ3) is 1.67. The van der Waals surface area contributed by atoms with Gasteiger partial charge in [-0.3, -0.25) is 4.98 Å². The molecule has 2 heterocycles. The molecule has 0 bridgehead atoms. The Hall–Kier alpha value is -2.13. The Balaban J connectivity index is 2.23. The Kier molecular flexibility index (Phi) is 2.60. The molecule has 0 aliphatic rings. The molecule has 4 rings (SSSR count). The van der Waals surface area contributed by atoms with E-state index in [2.05, 4.69) is 74.0 Å². The quantitative estimate of drug-likeness (QED) is 0.485. The van der Waals surface area contributed by atoms with Crippen molar-refractivity contribution in [3.63, 3.8) is 0 Å². The zero-order valence-electron chi connectivity index (χ0n) is 10.6. The van der Waals surface area contributed by atoms with Crippen LogP contribution in [0.4, 0.5) is 0 Å². The van der Waals surface area contributed by atoms with E-state index < -0.39 is 0 Å². The van der Waals surface area contributed by atoms with Crippen LogP contribution in [0.3, 0.4) is 0 Å². The van der Waals surface area contributed by atoms with Crippen LogP contribution in [0.15, 0.2) is 71.5 Å². The lowest BCUT2D eigenvalue weighted by Gasteiger charge is -2.07. The van der Waals surface area contributed by atoms with Crippen LogP contribution in [0.2, 0.25) is 0 Å². The van der Waals surface area contributed by atoms with Crippen LogP contribution in [-0.2, 0) is 0 Å². The fraction of sp³-hybridized carbons (Fsp3) is 0. The van der Waals surface area contributed by atoms with Crippen molar-refractivity contribution in [2.24, 2.45) is 0 Å². The number of benzene rings is 2. The van der Waals surface area contributed by atoms with Gasteiger partial charge in [-0.1, -0.05) is 40.2 Å². The molecule has 0 saturated heterocycles. The average molecular weight is 323 g/mol. The summed E-state index contributed by atoms with van der Waals surface area (Å²) < 4.78 is 3.36. The van der Waals surface area contributed by atoms with E-state index in [4.69, 9.17) is 0 Å². The van der Waals surface area contributed by atoms with E-state index in [-0.39, 0.29) is 0 Å². The highest BCUT2D eigenvalue weighted by atomic mass is 79.9. The maximum Gasteiger partial charge on any atom is 0.0571 e. The monoisotopic (exact) mass is 322 g/mol. The number of fused-ring (bicyclic) bond motifs is 3. The van der Waals surface area contributed by atoms with Gasteiger partial charge in [-0.2, -0.15) is 0 Å². The zero-order valence-corrected chi connectivity index (χ0v) is 12.2. The van der Waals surface area contributed by atoms with Gasteiger partial charge in [0.1, 0.15) is 0 Å². The van der Waals surface area contributed by atoms with Crippen molar-refractivity contribution >= 4 is 37.7 Å². The molecule has 2 nitrogen and oxygen atoms in total. The summed E-state index contributed by atoms with van der Waals surface area (Å²) in [5.41, 5.74) is 3.53.